The predicted octanol–water partition coefficient (Wildman–Crippen LogP) is 4.01. The zero-order valence-corrected chi connectivity index (χ0v) is 13.1. The van der Waals surface area contributed by atoms with Gasteiger partial charge < -0.3 is 15.1 Å². The molecule has 2 N–H and O–H groups in total. The van der Waals surface area contributed by atoms with Crippen LogP contribution in [0.25, 0.3) is 0 Å². The Morgan fingerprint density at radius 3 is 2.58 bits per heavy atom. The Morgan fingerprint density at radius 1 is 1.32 bits per heavy atom. The van der Waals surface area contributed by atoms with Crippen LogP contribution in [0.1, 0.15) is 30.0 Å². The molecule has 0 amide bonds. The van der Waals surface area contributed by atoms with E-state index in [4.69, 9.17) is 10.2 Å². The molecular weight excluding hydrogens is 304 g/mol. The number of hydrogen-bond donors (Lipinski definition) is 1. The normalized spacial score (nSPS) is 12.5. The van der Waals surface area contributed by atoms with Gasteiger partial charge in [0.1, 0.15) is 11.5 Å². The highest BCUT2D eigenvalue weighted by Crippen LogP contribution is 2.27. The molecule has 1 atom stereocenters. The third-order valence-electron chi connectivity index (χ3n) is 3.10. The van der Waals surface area contributed by atoms with Gasteiger partial charge in [0, 0.05) is 23.2 Å². The lowest BCUT2D eigenvalue weighted by Crippen LogP contribution is -2.16. The van der Waals surface area contributed by atoms with E-state index in [-0.39, 0.29) is 6.04 Å². The quantitative estimate of drug-likeness (QED) is 0.924. The van der Waals surface area contributed by atoms with E-state index >= 15 is 0 Å². The zero-order valence-electron chi connectivity index (χ0n) is 11.5. The molecule has 2 rings (SSSR count). The predicted molar refractivity (Wildman–Crippen MR) is 82.3 cm³/mol. The Bertz CT molecular complexity index is 563. The molecule has 0 saturated heterocycles. The van der Waals surface area contributed by atoms with Gasteiger partial charge in [-0.2, -0.15) is 0 Å². The average molecular weight is 323 g/mol. The molecule has 3 nitrogen and oxygen atoms in total. The summed E-state index contributed by atoms with van der Waals surface area (Å²) in [4.78, 5) is 2.15. The number of aryl methyl sites for hydroxylation is 1. The van der Waals surface area contributed by atoms with Gasteiger partial charge >= 0.3 is 0 Å². The summed E-state index contributed by atoms with van der Waals surface area (Å²) < 4.78 is 6.64. The van der Waals surface area contributed by atoms with Crippen molar-refractivity contribution in [3.05, 3.63) is 51.9 Å². The smallest absolute Gasteiger partial charge is 0.123 e. The number of nitrogens with zero attached hydrogens (tertiary/aromatic N) is 1. The second-order valence-corrected chi connectivity index (χ2v) is 5.72. The van der Waals surface area contributed by atoms with E-state index in [1.807, 2.05) is 33.0 Å². The van der Waals surface area contributed by atoms with Crippen LogP contribution in [-0.4, -0.2) is 7.05 Å². The number of hydrogen-bond acceptors (Lipinski definition) is 3. The fraction of sp³-hybridized carbons (Fsp3) is 0.333. The number of nitrogens with two attached hydrogens (primary N) is 1. The highest BCUT2D eigenvalue weighted by molar-refractivity contribution is 9.10. The Hall–Kier alpha value is -1.26. The minimum atomic E-state index is 0.0291. The summed E-state index contributed by atoms with van der Waals surface area (Å²) >= 11 is 3.58. The monoisotopic (exact) mass is 322 g/mol. The summed E-state index contributed by atoms with van der Waals surface area (Å²) in [5.74, 6) is 1.91. The Kier molecular flexibility index (Phi) is 4.32. The molecule has 0 saturated carbocycles. The van der Waals surface area contributed by atoms with Crippen molar-refractivity contribution >= 4 is 21.6 Å². The van der Waals surface area contributed by atoms with Gasteiger partial charge in [0.15, 0.2) is 0 Å². The lowest BCUT2D eigenvalue weighted by Gasteiger charge is -2.20. The Balaban J connectivity index is 2.15. The lowest BCUT2D eigenvalue weighted by molar-refractivity contribution is 0.482. The summed E-state index contributed by atoms with van der Waals surface area (Å²) in [6.07, 6.45) is 0. The van der Waals surface area contributed by atoms with Gasteiger partial charge in [0.2, 0.25) is 0 Å². The molecular formula is C15H19BrN2O. The molecule has 1 aromatic heterocycles. The van der Waals surface area contributed by atoms with E-state index < -0.39 is 0 Å². The molecule has 0 radical (unpaired) electrons. The Labute approximate surface area is 122 Å². The number of halogens is 1. The second kappa shape index (κ2) is 5.80. The number of benzene rings is 1. The molecule has 1 heterocycles. The number of anilines is 1. The van der Waals surface area contributed by atoms with E-state index in [9.17, 15) is 0 Å². The molecule has 0 fully saturated rings. The molecule has 0 aliphatic rings. The SMILES string of the molecule is Cc1ccc(CN(C)c2ccc([C@@H](C)N)c(Br)c2)o1. The third kappa shape index (κ3) is 3.39. The fourth-order valence-corrected chi connectivity index (χ4v) is 2.75. The maximum atomic E-state index is 5.91. The largest absolute Gasteiger partial charge is 0.464 e. The van der Waals surface area contributed by atoms with Crippen molar-refractivity contribution in [2.75, 3.05) is 11.9 Å². The van der Waals surface area contributed by atoms with Crippen LogP contribution in [0.5, 0.6) is 0 Å². The van der Waals surface area contributed by atoms with Crippen molar-refractivity contribution < 1.29 is 4.42 Å². The maximum Gasteiger partial charge on any atom is 0.123 e. The van der Waals surface area contributed by atoms with Gasteiger partial charge in [-0.15, -0.1) is 0 Å². The molecule has 19 heavy (non-hydrogen) atoms. The molecule has 0 unspecified atom stereocenters. The van der Waals surface area contributed by atoms with Gasteiger partial charge in [0.05, 0.1) is 6.54 Å². The van der Waals surface area contributed by atoms with Crippen molar-refractivity contribution in [1.82, 2.24) is 0 Å². The van der Waals surface area contributed by atoms with Gasteiger partial charge in [0.25, 0.3) is 0 Å². The van der Waals surface area contributed by atoms with Crippen molar-refractivity contribution in [3.8, 4) is 0 Å². The van der Waals surface area contributed by atoms with Crippen molar-refractivity contribution in [3.63, 3.8) is 0 Å². The van der Waals surface area contributed by atoms with Crippen LogP contribution >= 0.6 is 15.9 Å². The van der Waals surface area contributed by atoms with Crippen molar-refractivity contribution in [2.45, 2.75) is 26.4 Å². The minimum absolute atomic E-state index is 0.0291. The summed E-state index contributed by atoms with van der Waals surface area (Å²) in [7, 11) is 2.05. The van der Waals surface area contributed by atoms with Gasteiger partial charge in [-0.3, -0.25) is 0 Å². The van der Waals surface area contributed by atoms with E-state index in [1.165, 1.54) is 0 Å². The van der Waals surface area contributed by atoms with Crippen LogP contribution < -0.4 is 10.6 Å². The molecule has 102 valence electrons. The highest BCUT2D eigenvalue weighted by Gasteiger charge is 2.09. The van der Waals surface area contributed by atoms with Gasteiger partial charge in [-0.25, -0.2) is 0 Å². The lowest BCUT2D eigenvalue weighted by atomic mass is 10.1. The van der Waals surface area contributed by atoms with Crippen molar-refractivity contribution in [1.29, 1.82) is 0 Å². The molecule has 4 heteroatoms. The first-order valence-electron chi connectivity index (χ1n) is 6.29. The first-order valence-corrected chi connectivity index (χ1v) is 7.08. The molecule has 2 aromatic rings. The topological polar surface area (TPSA) is 42.4 Å². The van der Waals surface area contributed by atoms with Crippen LogP contribution in [0, 0.1) is 6.92 Å². The van der Waals surface area contributed by atoms with Crippen LogP contribution in [0.15, 0.2) is 39.2 Å². The molecule has 0 aliphatic heterocycles. The third-order valence-corrected chi connectivity index (χ3v) is 3.79. The van der Waals surface area contributed by atoms with E-state index in [0.717, 1.165) is 33.8 Å². The average Bonchev–Trinajstić information content (AvgIpc) is 2.74. The molecule has 1 aromatic carbocycles. The van der Waals surface area contributed by atoms with Crippen LogP contribution in [0.2, 0.25) is 0 Å². The molecule has 0 bridgehead atoms. The number of furan rings is 1. The summed E-state index contributed by atoms with van der Waals surface area (Å²) in [5, 5.41) is 0. The zero-order chi connectivity index (χ0) is 14.0. The first kappa shape index (κ1) is 14.2. The van der Waals surface area contributed by atoms with Crippen LogP contribution in [-0.2, 0) is 6.54 Å². The standard InChI is InChI=1S/C15H19BrN2O/c1-10-4-6-13(19-10)9-18(3)12-5-7-14(11(2)17)15(16)8-12/h4-8,11H,9,17H2,1-3H3/t11-/m1/s1. The maximum absolute atomic E-state index is 5.91. The molecule has 0 spiro atoms. The Morgan fingerprint density at radius 2 is 2.05 bits per heavy atom. The van der Waals surface area contributed by atoms with Crippen LogP contribution in [0.3, 0.4) is 0 Å². The minimum Gasteiger partial charge on any atom is -0.464 e. The summed E-state index contributed by atoms with van der Waals surface area (Å²) in [5.41, 5.74) is 8.16. The highest BCUT2D eigenvalue weighted by atomic mass is 79.9. The summed E-state index contributed by atoms with van der Waals surface area (Å²) in [6, 6.07) is 10.3. The van der Waals surface area contributed by atoms with Gasteiger partial charge in [-0.1, -0.05) is 22.0 Å². The summed E-state index contributed by atoms with van der Waals surface area (Å²) in [6.45, 7) is 4.68. The van der Waals surface area contributed by atoms with E-state index in [2.05, 4.69) is 39.0 Å². The second-order valence-electron chi connectivity index (χ2n) is 4.86. The van der Waals surface area contributed by atoms with Crippen molar-refractivity contribution in [2.24, 2.45) is 5.73 Å². The van der Waals surface area contributed by atoms with E-state index in [1.54, 1.807) is 0 Å². The molecule has 0 aliphatic carbocycles. The van der Waals surface area contributed by atoms with Crippen LogP contribution in [0.4, 0.5) is 5.69 Å². The first-order chi connectivity index (χ1) is 8.97. The number of rotatable bonds is 4. The van der Waals surface area contributed by atoms with Gasteiger partial charge in [-0.05, 0) is 43.7 Å². The van der Waals surface area contributed by atoms with E-state index in [0.29, 0.717) is 0 Å². The fourth-order valence-electron chi connectivity index (χ4n) is 2.02.